The summed E-state index contributed by atoms with van der Waals surface area (Å²) in [5, 5.41) is 9.71. The fourth-order valence-electron chi connectivity index (χ4n) is 1.83. The number of aliphatic carboxylic acids is 1. The molecule has 1 aromatic rings. The van der Waals surface area contributed by atoms with Gasteiger partial charge in [0.05, 0.1) is 24.6 Å². The predicted molar refractivity (Wildman–Crippen MR) is 82.9 cm³/mol. The highest BCUT2D eigenvalue weighted by Crippen LogP contribution is 2.32. The van der Waals surface area contributed by atoms with E-state index in [0.29, 0.717) is 10.6 Å². The summed E-state index contributed by atoms with van der Waals surface area (Å²) in [5.74, 6) is 0.603. The van der Waals surface area contributed by atoms with Crippen LogP contribution in [0.25, 0.3) is 0 Å². The smallest absolute Gasteiger partial charge is 0.341 e. The van der Waals surface area contributed by atoms with Crippen molar-refractivity contribution in [1.82, 2.24) is 0 Å². The number of carbonyl (C=O) groups excluding carboxylic acids is 1. The maximum Gasteiger partial charge on any atom is 0.341 e. The summed E-state index contributed by atoms with van der Waals surface area (Å²) in [7, 11) is 0. The molecule has 0 bridgehead atoms. The van der Waals surface area contributed by atoms with Crippen molar-refractivity contribution < 1.29 is 19.4 Å². The van der Waals surface area contributed by atoms with E-state index in [9.17, 15) is 9.59 Å². The zero-order valence-corrected chi connectivity index (χ0v) is 13.2. The first-order chi connectivity index (χ1) is 9.90. The first kappa shape index (κ1) is 17.1. The molecule has 0 aliphatic carbocycles. The van der Waals surface area contributed by atoms with Gasteiger partial charge in [-0.15, -0.1) is 17.8 Å². The average Bonchev–Trinajstić information content (AvgIpc) is 2.80. The molecular weight excluding hydrogens is 290 g/mol. The van der Waals surface area contributed by atoms with E-state index < -0.39 is 17.9 Å². The Kier molecular flexibility index (Phi) is 6.25. The van der Waals surface area contributed by atoms with Crippen molar-refractivity contribution >= 4 is 28.3 Å². The van der Waals surface area contributed by atoms with Gasteiger partial charge < -0.3 is 14.7 Å². The minimum Gasteiger partial charge on any atom is -0.481 e. The Balaban J connectivity index is 3.10. The van der Waals surface area contributed by atoms with Gasteiger partial charge in [-0.2, -0.15) is 0 Å². The normalized spacial score (nSPS) is 11.5. The Morgan fingerprint density at radius 1 is 1.57 bits per heavy atom. The van der Waals surface area contributed by atoms with Crippen molar-refractivity contribution in [3.63, 3.8) is 0 Å². The summed E-state index contributed by atoms with van der Waals surface area (Å²) < 4.78 is 5.04. The Morgan fingerprint density at radius 3 is 2.76 bits per heavy atom. The maximum atomic E-state index is 12.0. The minimum atomic E-state index is -0.900. The van der Waals surface area contributed by atoms with Crippen molar-refractivity contribution in [2.45, 2.75) is 20.8 Å². The maximum absolute atomic E-state index is 12.0. The Bertz CT molecular complexity index is 559. The van der Waals surface area contributed by atoms with Crippen LogP contribution in [0, 0.1) is 25.2 Å². The number of carboxylic acid groups (broad SMARTS) is 1. The van der Waals surface area contributed by atoms with Gasteiger partial charge >= 0.3 is 11.9 Å². The summed E-state index contributed by atoms with van der Waals surface area (Å²) in [6.45, 7) is 5.99. The van der Waals surface area contributed by atoms with Crippen LogP contribution in [0.4, 0.5) is 5.00 Å². The lowest BCUT2D eigenvalue weighted by Gasteiger charge is -2.23. The summed E-state index contributed by atoms with van der Waals surface area (Å²) in [4.78, 5) is 25.7. The second-order valence-electron chi connectivity index (χ2n) is 4.62. The Morgan fingerprint density at radius 2 is 2.24 bits per heavy atom. The lowest BCUT2D eigenvalue weighted by Crippen LogP contribution is -2.32. The van der Waals surface area contributed by atoms with Gasteiger partial charge in [-0.1, -0.05) is 12.8 Å². The minimum absolute atomic E-state index is 0.240. The van der Waals surface area contributed by atoms with Crippen LogP contribution in [0.1, 0.15) is 29.1 Å². The predicted octanol–water partition coefficient (Wildman–Crippen LogP) is 2.39. The molecule has 0 spiro atoms. The molecule has 5 nitrogen and oxygen atoms in total. The molecule has 0 aliphatic heterocycles. The van der Waals surface area contributed by atoms with Crippen molar-refractivity contribution in [2.75, 3.05) is 24.6 Å². The zero-order valence-electron chi connectivity index (χ0n) is 12.4. The second-order valence-corrected chi connectivity index (χ2v) is 5.86. The highest BCUT2D eigenvalue weighted by molar-refractivity contribution is 7.16. The molecule has 1 heterocycles. The SMILES string of the molecule is C#CCN(CC(C)C(=O)O)c1sc(C)cc1C(=O)OCC. The number of terminal acetylenes is 1. The van der Waals surface area contributed by atoms with Gasteiger partial charge in [-0.25, -0.2) is 4.79 Å². The van der Waals surface area contributed by atoms with Gasteiger partial charge in [0.15, 0.2) is 0 Å². The quantitative estimate of drug-likeness (QED) is 0.619. The number of hydrogen-bond acceptors (Lipinski definition) is 5. The van der Waals surface area contributed by atoms with Gasteiger partial charge in [0.1, 0.15) is 5.00 Å². The fraction of sp³-hybridized carbons (Fsp3) is 0.467. The summed E-state index contributed by atoms with van der Waals surface area (Å²) >= 11 is 1.41. The summed E-state index contributed by atoms with van der Waals surface area (Å²) in [5.41, 5.74) is 0.437. The van der Waals surface area contributed by atoms with Gasteiger partial charge in [0.2, 0.25) is 0 Å². The van der Waals surface area contributed by atoms with Gasteiger partial charge in [-0.3, -0.25) is 4.79 Å². The molecule has 1 aromatic heterocycles. The topological polar surface area (TPSA) is 66.8 Å². The lowest BCUT2D eigenvalue weighted by atomic mass is 10.1. The van der Waals surface area contributed by atoms with E-state index in [-0.39, 0.29) is 19.7 Å². The van der Waals surface area contributed by atoms with E-state index in [0.717, 1.165) is 4.88 Å². The fourth-order valence-corrected chi connectivity index (χ4v) is 2.83. The molecule has 6 heteroatoms. The van der Waals surface area contributed by atoms with Crippen LogP contribution in [0.15, 0.2) is 6.07 Å². The largest absolute Gasteiger partial charge is 0.481 e. The zero-order chi connectivity index (χ0) is 16.0. The first-order valence-electron chi connectivity index (χ1n) is 6.59. The van der Waals surface area contributed by atoms with Crippen LogP contribution < -0.4 is 4.90 Å². The van der Waals surface area contributed by atoms with Gasteiger partial charge in [0, 0.05) is 11.4 Å². The van der Waals surface area contributed by atoms with Crippen molar-refractivity contribution in [2.24, 2.45) is 5.92 Å². The van der Waals surface area contributed by atoms with Crippen LogP contribution in [0.5, 0.6) is 0 Å². The third-order valence-electron chi connectivity index (χ3n) is 2.82. The molecule has 1 atom stereocenters. The standard InChI is InChI=1S/C15H19NO4S/c1-5-7-16(9-10(3)14(17)18)13-12(8-11(4)21-13)15(19)20-6-2/h1,8,10H,6-7,9H2,2-4H3,(H,17,18). The van der Waals surface area contributed by atoms with Gasteiger partial charge in [0.25, 0.3) is 0 Å². The number of aryl methyl sites for hydroxylation is 1. The molecule has 1 N–H and O–H groups in total. The van der Waals surface area contributed by atoms with Crippen LogP contribution in [-0.2, 0) is 9.53 Å². The second kappa shape index (κ2) is 7.70. The molecule has 0 saturated carbocycles. The Hall–Kier alpha value is -2.00. The molecule has 21 heavy (non-hydrogen) atoms. The molecule has 0 aromatic carbocycles. The van der Waals surface area contributed by atoms with Crippen molar-refractivity contribution in [1.29, 1.82) is 0 Å². The van der Waals surface area contributed by atoms with E-state index in [1.165, 1.54) is 11.3 Å². The van der Waals surface area contributed by atoms with Gasteiger partial charge in [-0.05, 0) is 19.9 Å². The van der Waals surface area contributed by atoms with E-state index in [1.807, 2.05) is 6.92 Å². The molecule has 114 valence electrons. The number of esters is 1. The monoisotopic (exact) mass is 309 g/mol. The molecule has 1 unspecified atom stereocenters. The number of hydrogen-bond donors (Lipinski definition) is 1. The number of nitrogens with zero attached hydrogens (tertiary/aromatic N) is 1. The summed E-state index contributed by atoms with van der Waals surface area (Å²) in [6, 6.07) is 1.74. The lowest BCUT2D eigenvalue weighted by molar-refractivity contribution is -0.140. The molecule has 0 radical (unpaired) electrons. The first-order valence-corrected chi connectivity index (χ1v) is 7.41. The Labute approximate surface area is 128 Å². The van der Waals surface area contributed by atoms with Crippen LogP contribution in [0.2, 0.25) is 0 Å². The van der Waals surface area contributed by atoms with Crippen LogP contribution >= 0.6 is 11.3 Å². The van der Waals surface area contributed by atoms with E-state index in [1.54, 1.807) is 24.8 Å². The number of rotatable bonds is 7. The average molecular weight is 309 g/mol. The number of anilines is 1. The molecule has 0 aliphatic rings. The third-order valence-corrected chi connectivity index (χ3v) is 3.93. The molecule has 0 fully saturated rings. The van der Waals surface area contributed by atoms with Crippen molar-refractivity contribution in [3.8, 4) is 12.3 Å². The highest BCUT2D eigenvalue weighted by Gasteiger charge is 2.23. The molecule has 0 amide bonds. The number of thiophene rings is 1. The van der Waals surface area contributed by atoms with Crippen LogP contribution in [-0.4, -0.2) is 36.7 Å². The molecular formula is C15H19NO4S. The number of ether oxygens (including phenoxy) is 1. The third kappa shape index (κ3) is 4.50. The van der Waals surface area contributed by atoms with E-state index in [2.05, 4.69) is 5.92 Å². The molecule has 0 saturated heterocycles. The summed E-state index contributed by atoms with van der Waals surface area (Å²) in [6.07, 6.45) is 5.36. The number of carbonyl (C=O) groups is 2. The van der Waals surface area contributed by atoms with Crippen molar-refractivity contribution in [3.05, 3.63) is 16.5 Å². The molecule has 1 rings (SSSR count). The van der Waals surface area contributed by atoms with E-state index in [4.69, 9.17) is 16.3 Å². The van der Waals surface area contributed by atoms with Crippen LogP contribution in [0.3, 0.4) is 0 Å². The highest BCUT2D eigenvalue weighted by atomic mass is 32.1. The van der Waals surface area contributed by atoms with E-state index >= 15 is 0 Å². The number of carboxylic acids is 1.